The second-order valence-corrected chi connectivity index (χ2v) is 6.56. The molecule has 0 aromatic rings. The number of carboxylic acids is 1. The molecule has 8 heteroatoms. The summed E-state index contributed by atoms with van der Waals surface area (Å²) in [6, 6.07) is -2.00. The molecule has 1 fully saturated rings. The van der Waals surface area contributed by atoms with E-state index >= 15 is 0 Å². The largest absolute Gasteiger partial charge is 0.480 e. The monoisotopic (exact) mass is 342 g/mol. The third kappa shape index (κ3) is 6.45. The molecule has 3 unspecified atom stereocenters. The van der Waals surface area contributed by atoms with E-state index in [1.165, 1.54) is 0 Å². The van der Waals surface area contributed by atoms with Crippen molar-refractivity contribution in [2.45, 2.75) is 64.1 Å². The van der Waals surface area contributed by atoms with E-state index in [-0.39, 0.29) is 17.9 Å². The maximum absolute atomic E-state index is 12.5. The Balaban J connectivity index is 2.69. The van der Waals surface area contributed by atoms with E-state index in [4.69, 9.17) is 5.73 Å². The predicted molar refractivity (Wildman–Crippen MR) is 90.3 cm³/mol. The average molecular weight is 342 g/mol. The minimum atomic E-state index is -1.08. The second kappa shape index (κ2) is 10.2. The van der Waals surface area contributed by atoms with Gasteiger partial charge >= 0.3 is 5.97 Å². The number of unbranched alkanes of at least 4 members (excludes halogenated alkanes) is 1. The number of carbonyl (C=O) groups excluding carboxylic acids is 2. The molecule has 0 saturated carbocycles. The number of carbonyl (C=O) groups is 3. The fourth-order valence-electron chi connectivity index (χ4n) is 2.71. The zero-order chi connectivity index (χ0) is 18.1. The van der Waals surface area contributed by atoms with Gasteiger partial charge in [0.2, 0.25) is 11.8 Å². The number of hydrogen-bond acceptors (Lipinski definition) is 5. The molecule has 0 aliphatic carbocycles. The van der Waals surface area contributed by atoms with Gasteiger partial charge in [0.25, 0.3) is 0 Å². The van der Waals surface area contributed by atoms with Crippen molar-refractivity contribution in [3.63, 3.8) is 0 Å². The molecule has 0 aromatic heterocycles. The van der Waals surface area contributed by atoms with Gasteiger partial charge in [0.05, 0.1) is 6.04 Å². The molecular formula is C16H30N4O4. The number of nitrogens with two attached hydrogens (primary N) is 1. The Morgan fingerprint density at radius 3 is 2.46 bits per heavy atom. The summed E-state index contributed by atoms with van der Waals surface area (Å²) in [5, 5.41) is 17.6. The number of rotatable bonds is 10. The van der Waals surface area contributed by atoms with Crippen molar-refractivity contribution in [2.75, 3.05) is 13.1 Å². The first kappa shape index (κ1) is 20.4. The number of hydrogen-bond donors (Lipinski definition) is 5. The van der Waals surface area contributed by atoms with E-state index in [1.807, 2.05) is 0 Å². The highest BCUT2D eigenvalue weighted by molar-refractivity contribution is 5.91. The molecule has 1 rings (SSSR count). The third-order valence-corrected chi connectivity index (χ3v) is 4.19. The maximum atomic E-state index is 12.5. The summed E-state index contributed by atoms with van der Waals surface area (Å²) in [5.74, 6) is -2.00. The van der Waals surface area contributed by atoms with Gasteiger partial charge in [-0.2, -0.15) is 0 Å². The van der Waals surface area contributed by atoms with Gasteiger partial charge in [-0.3, -0.25) is 9.59 Å². The first-order chi connectivity index (χ1) is 11.4. The summed E-state index contributed by atoms with van der Waals surface area (Å²) >= 11 is 0. The van der Waals surface area contributed by atoms with Gasteiger partial charge in [-0.15, -0.1) is 0 Å². The number of amides is 2. The van der Waals surface area contributed by atoms with Crippen molar-refractivity contribution < 1.29 is 19.5 Å². The van der Waals surface area contributed by atoms with Crippen LogP contribution < -0.4 is 21.7 Å². The lowest BCUT2D eigenvalue weighted by Gasteiger charge is -2.24. The van der Waals surface area contributed by atoms with E-state index in [0.717, 1.165) is 25.8 Å². The number of nitrogens with one attached hydrogen (secondary N) is 3. The summed E-state index contributed by atoms with van der Waals surface area (Å²) in [6.45, 7) is 4.75. The summed E-state index contributed by atoms with van der Waals surface area (Å²) < 4.78 is 0. The second-order valence-electron chi connectivity index (χ2n) is 6.56. The molecule has 0 aromatic carbocycles. The van der Waals surface area contributed by atoms with Gasteiger partial charge in [-0.05, 0) is 51.1 Å². The van der Waals surface area contributed by atoms with Crippen molar-refractivity contribution >= 4 is 17.8 Å². The lowest BCUT2D eigenvalue weighted by atomic mass is 10.0. The van der Waals surface area contributed by atoms with Gasteiger partial charge in [-0.25, -0.2) is 4.79 Å². The lowest BCUT2D eigenvalue weighted by molar-refractivity contribution is -0.143. The Morgan fingerprint density at radius 1 is 1.25 bits per heavy atom. The molecule has 3 atom stereocenters. The summed E-state index contributed by atoms with van der Waals surface area (Å²) in [5.41, 5.74) is 5.48. The van der Waals surface area contributed by atoms with Crippen LogP contribution in [0.25, 0.3) is 0 Å². The van der Waals surface area contributed by atoms with Gasteiger partial charge < -0.3 is 26.8 Å². The van der Waals surface area contributed by atoms with Gasteiger partial charge in [0.1, 0.15) is 12.1 Å². The summed E-state index contributed by atoms with van der Waals surface area (Å²) in [6.07, 6.45) is 3.54. The van der Waals surface area contributed by atoms with Crippen LogP contribution >= 0.6 is 0 Å². The van der Waals surface area contributed by atoms with Crippen LogP contribution in [0.1, 0.15) is 46.0 Å². The highest BCUT2D eigenvalue weighted by Gasteiger charge is 2.30. The number of carboxylic acid groups (broad SMARTS) is 1. The predicted octanol–water partition coefficient (Wildman–Crippen LogP) is -0.422. The van der Waals surface area contributed by atoms with Crippen LogP contribution in [0.2, 0.25) is 0 Å². The van der Waals surface area contributed by atoms with Crippen LogP contribution in [0.4, 0.5) is 0 Å². The van der Waals surface area contributed by atoms with Crippen molar-refractivity contribution in [1.29, 1.82) is 0 Å². The standard InChI is InChI=1S/C16H30N4O4/c1-10(2)13(16(23)24)20-15(22)12(6-3-4-8-17)19-14(21)11-7-5-9-18-11/h10-13,18H,3-9,17H2,1-2H3,(H,19,21)(H,20,22)(H,23,24). The Labute approximate surface area is 142 Å². The molecule has 1 aliphatic rings. The molecule has 138 valence electrons. The molecule has 1 heterocycles. The Morgan fingerprint density at radius 2 is 1.96 bits per heavy atom. The summed E-state index contributed by atoms with van der Waals surface area (Å²) in [7, 11) is 0. The molecule has 2 amide bonds. The van der Waals surface area contributed by atoms with Gasteiger partial charge in [0.15, 0.2) is 0 Å². The fourth-order valence-corrected chi connectivity index (χ4v) is 2.71. The Hall–Kier alpha value is -1.67. The van der Waals surface area contributed by atoms with Crippen molar-refractivity contribution in [1.82, 2.24) is 16.0 Å². The Kier molecular flexibility index (Phi) is 8.70. The molecule has 0 radical (unpaired) electrons. The van der Waals surface area contributed by atoms with Crippen LogP contribution in [0.3, 0.4) is 0 Å². The summed E-state index contributed by atoms with van der Waals surface area (Å²) in [4.78, 5) is 36.0. The molecule has 0 spiro atoms. The van der Waals surface area contributed by atoms with Crippen molar-refractivity contribution in [3.05, 3.63) is 0 Å². The lowest BCUT2D eigenvalue weighted by Crippen LogP contribution is -2.55. The first-order valence-electron chi connectivity index (χ1n) is 8.63. The highest BCUT2D eigenvalue weighted by Crippen LogP contribution is 2.09. The zero-order valence-corrected chi connectivity index (χ0v) is 14.5. The maximum Gasteiger partial charge on any atom is 0.326 e. The first-order valence-corrected chi connectivity index (χ1v) is 8.63. The molecule has 1 saturated heterocycles. The molecule has 6 N–H and O–H groups in total. The van der Waals surface area contributed by atoms with Crippen molar-refractivity contribution in [3.8, 4) is 0 Å². The van der Waals surface area contributed by atoms with E-state index < -0.39 is 24.0 Å². The highest BCUT2D eigenvalue weighted by atomic mass is 16.4. The van der Waals surface area contributed by atoms with Crippen LogP contribution in [-0.2, 0) is 14.4 Å². The third-order valence-electron chi connectivity index (χ3n) is 4.19. The smallest absolute Gasteiger partial charge is 0.326 e. The van der Waals surface area contributed by atoms with E-state index in [1.54, 1.807) is 13.8 Å². The SMILES string of the molecule is CC(C)C(NC(=O)C(CCCCN)NC(=O)C1CCCN1)C(=O)O. The van der Waals surface area contributed by atoms with Crippen molar-refractivity contribution in [2.24, 2.45) is 11.7 Å². The van der Waals surface area contributed by atoms with E-state index in [0.29, 0.717) is 19.4 Å². The fraction of sp³-hybridized carbons (Fsp3) is 0.812. The van der Waals surface area contributed by atoms with Crippen LogP contribution in [0.15, 0.2) is 0 Å². The molecule has 0 bridgehead atoms. The average Bonchev–Trinajstić information content (AvgIpc) is 3.05. The topological polar surface area (TPSA) is 134 Å². The van der Waals surface area contributed by atoms with Crippen LogP contribution in [-0.4, -0.2) is 54.1 Å². The zero-order valence-electron chi connectivity index (χ0n) is 14.5. The molecule has 8 nitrogen and oxygen atoms in total. The minimum absolute atomic E-state index is 0.211. The van der Waals surface area contributed by atoms with Gasteiger partial charge in [0, 0.05) is 0 Å². The normalized spacial score (nSPS) is 19.8. The quantitative estimate of drug-likeness (QED) is 0.342. The van der Waals surface area contributed by atoms with E-state index in [9.17, 15) is 19.5 Å². The Bertz CT molecular complexity index is 436. The van der Waals surface area contributed by atoms with Crippen LogP contribution in [0, 0.1) is 5.92 Å². The number of aliphatic carboxylic acids is 1. The van der Waals surface area contributed by atoms with Crippen LogP contribution in [0.5, 0.6) is 0 Å². The minimum Gasteiger partial charge on any atom is -0.480 e. The molecule has 24 heavy (non-hydrogen) atoms. The van der Waals surface area contributed by atoms with Gasteiger partial charge in [-0.1, -0.05) is 13.8 Å². The van der Waals surface area contributed by atoms with E-state index in [2.05, 4.69) is 16.0 Å². The molecule has 1 aliphatic heterocycles. The molecular weight excluding hydrogens is 312 g/mol.